The maximum atomic E-state index is 5.58. The number of imidazole rings is 1. The smallest absolute Gasteiger partial charge is 0.121 e. The molecular formula is C15H21N3O. The summed E-state index contributed by atoms with van der Waals surface area (Å²) >= 11 is 0. The summed E-state index contributed by atoms with van der Waals surface area (Å²) in [6.45, 7) is 7.91. The third-order valence-electron chi connectivity index (χ3n) is 3.03. The van der Waals surface area contributed by atoms with E-state index in [2.05, 4.69) is 17.2 Å². The van der Waals surface area contributed by atoms with Crippen molar-refractivity contribution in [2.24, 2.45) is 5.73 Å². The first-order valence-electron chi connectivity index (χ1n) is 6.73. The molecule has 102 valence electrons. The van der Waals surface area contributed by atoms with E-state index < -0.39 is 0 Å². The Balaban J connectivity index is 2.42. The lowest BCUT2D eigenvalue weighted by Gasteiger charge is -2.06. The fourth-order valence-electron chi connectivity index (χ4n) is 2.20. The summed E-state index contributed by atoms with van der Waals surface area (Å²) in [7, 11) is 0. The number of allylic oxidation sites excluding steroid dienone is 1. The zero-order valence-electron chi connectivity index (χ0n) is 11.4. The van der Waals surface area contributed by atoms with Crippen LogP contribution in [0.1, 0.15) is 19.2 Å². The number of fused-ring (bicyclic) bond motifs is 1. The Hall–Kier alpha value is -1.81. The van der Waals surface area contributed by atoms with Gasteiger partial charge in [0.25, 0.3) is 0 Å². The molecule has 19 heavy (non-hydrogen) atoms. The summed E-state index contributed by atoms with van der Waals surface area (Å²) < 4.78 is 7.70. The highest BCUT2D eigenvalue weighted by Gasteiger charge is 2.10. The van der Waals surface area contributed by atoms with Crippen molar-refractivity contribution in [3.63, 3.8) is 0 Å². The standard InChI is InChI=1S/C15H21N3O/c1-3-10-18-14-8-7-12(19-4-2)11-13(14)17-15(18)6-5-9-16/h3,7-8,11H,1,4-6,9-10,16H2,2H3. The van der Waals surface area contributed by atoms with Gasteiger partial charge in [0.05, 0.1) is 17.6 Å². The molecule has 0 fully saturated rings. The molecule has 2 rings (SSSR count). The van der Waals surface area contributed by atoms with Gasteiger partial charge in [0.1, 0.15) is 11.6 Å². The maximum Gasteiger partial charge on any atom is 0.121 e. The van der Waals surface area contributed by atoms with E-state index in [1.165, 1.54) is 0 Å². The van der Waals surface area contributed by atoms with E-state index in [0.717, 1.165) is 42.0 Å². The molecule has 0 atom stereocenters. The number of hydrogen-bond acceptors (Lipinski definition) is 3. The minimum Gasteiger partial charge on any atom is -0.494 e. The predicted octanol–water partition coefficient (Wildman–Crippen LogP) is 2.51. The van der Waals surface area contributed by atoms with Gasteiger partial charge in [-0.3, -0.25) is 0 Å². The summed E-state index contributed by atoms with van der Waals surface area (Å²) in [5.41, 5.74) is 7.67. The number of hydrogen-bond donors (Lipinski definition) is 1. The van der Waals surface area contributed by atoms with E-state index in [0.29, 0.717) is 13.2 Å². The Labute approximate surface area is 113 Å². The lowest BCUT2D eigenvalue weighted by Crippen LogP contribution is -2.06. The average molecular weight is 259 g/mol. The molecule has 4 heteroatoms. The summed E-state index contributed by atoms with van der Waals surface area (Å²) in [4.78, 5) is 4.69. The van der Waals surface area contributed by atoms with Crippen molar-refractivity contribution in [1.29, 1.82) is 0 Å². The molecule has 0 saturated carbocycles. The zero-order chi connectivity index (χ0) is 13.7. The monoisotopic (exact) mass is 259 g/mol. The second kappa shape index (κ2) is 6.38. The normalized spacial score (nSPS) is 10.8. The van der Waals surface area contributed by atoms with Crippen molar-refractivity contribution in [2.75, 3.05) is 13.2 Å². The topological polar surface area (TPSA) is 53.1 Å². The van der Waals surface area contributed by atoms with Gasteiger partial charge in [-0.05, 0) is 32.0 Å². The summed E-state index contributed by atoms with van der Waals surface area (Å²) in [6, 6.07) is 6.03. The maximum absolute atomic E-state index is 5.58. The van der Waals surface area contributed by atoms with Gasteiger partial charge in [0.15, 0.2) is 0 Å². The number of nitrogens with zero attached hydrogens (tertiary/aromatic N) is 2. The van der Waals surface area contributed by atoms with E-state index >= 15 is 0 Å². The first kappa shape index (κ1) is 13.6. The van der Waals surface area contributed by atoms with E-state index in [1.807, 2.05) is 25.1 Å². The largest absolute Gasteiger partial charge is 0.494 e. The highest BCUT2D eigenvalue weighted by atomic mass is 16.5. The van der Waals surface area contributed by atoms with Crippen LogP contribution >= 0.6 is 0 Å². The fraction of sp³-hybridized carbons (Fsp3) is 0.400. The third-order valence-corrected chi connectivity index (χ3v) is 3.03. The van der Waals surface area contributed by atoms with Gasteiger partial charge in [-0.2, -0.15) is 0 Å². The highest BCUT2D eigenvalue weighted by Crippen LogP contribution is 2.22. The molecule has 0 aliphatic heterocycles. The van der Waals surface area contributed by atoms with Crippen molar-refractivity contribution >= 4 is 11.0 Å². The van der Waals surface area contributed by atoms with Crippen LogP contribution in [-0.2, 0) is 13.0 Å². The van der Waals surface area contributed by atoms with Gasteiger partial charge in [-0.15, -0.1) is 6.58 Å². The fourth-order valence-corrected chi connectivity index (χ4v) is 2.20. The molecule has 0 aliphatic rings. The van der Waals surface area contributed by atoms with Crippen molar-refractivity contribution in [2.45, 2.75) is 26.3 Å². The molecule has 1 aromatic carbocycles. The second-order valence-corrected chi connectivity index (χ2v) is 4.40. The molecular weight excluding hydrogens is 238 g/mol. The lowest BCUT2D eigenvalue weighted by atomic mass is 10.3. The van der Waals surface area contributed by atoms with Gasteiger partial charge in [0, 0.05) is 19.0 Å². The Bertz CT molecular complexity index is 560. The number of aryl methyl sites for hydroxylation is 1. The van der Waals surface area contributed by atoms with Crippen LogP contribution in [0.5, 0.6) is 5.75 Å². The van der Waals surface area contributed by atoms with Gasteiger partial charge < -0.3 is 15.0 Å². The van der Waals surface area contributed by atoms with Crippen molar-refractivity contribution < 1.29 is 4.74 Å². The van der Waals surface area contributed by atoms with Crippen LogP contribution < -0.4 is 10.5 Å². The molecule has 0 spiro atoms. The Morgan fingerprint density at radius 2 is 2.32 bits per heavy atom. The van der Waals surface area contributed by atoms with Crippen LogP contribution in [0.4, 0.5) is 0 Å². The van der Waals surface area contributed by atoms with E-state index in [-0.39, 0.29) is 0 Å². The minimum atomic E-state index is 0.666. The molecule has 4 nitrogen and oxygen atoms in total. The molecule has 0 radical (unpaired) electrons. The quantitative estimate of drug-likeness (QED) is 0.777. The predicted molar refractivity (Wildman–Crippen MR) is 78.5 cm³/mol. The van der Waals surface area contributed by atoms with E-state index in [1.54, 1.807) is 0 Å². The molecule has 0 bridgehead atoms. The lowest BCUT2D eigenvalue weighted by molar-refractivity contribution is 0.340. The second-order valence-electron chi connectivity index (χ2n) is 4.40. The van der Waals surface area contributed by atoms with Crippen molar-refractivity contribution in [3.8, 4) is 5.75 Å². The van der Waals surface area contributed by atoms with E-state index in [9.17, 15) is 0 Å². The molecule has 2 aromatic rings. The number of benzene rings is 1. The number of rotatable bonds is 7. The zero-order valence-corrected chi connectivity index (χ0v) is 11.4. The molecule has 1 heterocycles. The highest BCUT2D eigenvalue weighted by molar-refractivity contribution is 5.78. The molecule has 0 aliphatic carbocycles. The first-order chi connectivity index (χ1) is 9.30. The third kappa shape index (κ3) is 2.96. The van der Waals surface area contributed by atoms with Crippen molar-refractivity contribution in [3.05, 3.63) is 36.7 Å². The Morgan fingerprint density at radius 1 is 1.47 bits per heavy atom. The molecule has 2 N–H and O–H groups in total. The van der Waals surface area contributed by atoms with Gasteiger partial charge in [-0.25, -0.2) is 4.98 Å². The molecule has 0 unspecified atom stereocenters. The van der Waals surface area contributed by atoms with Crippen molar-refractivity contribution in [1.82, 2.24) is 9.55 Å². The summed E-state index contributed by atoms with van der Waals surface area (Å²) in [5.74, 6) is 1.93. The summed E-state index contributed by atoms with van der Waals surface area (Å²) in [6.07, 6.45) is 3.73. The van der Waals surface area contributed by atoms with Crippen LogP contribution in [0.3, 0.4) is 0 Å². The number of ether oxygens (including phenoxy) is 1. The minimum absolute atomic E-state index is 0.666. The van der Waals surface area contributed by atoms with Gasteiger partial charge in [0.2, 0.25) is 0 Å². The molecule has 1 aromatic heterocycles. The Morgan fingerprint density at radius 3 is 3.00 bits per heavy atom. The van der Waals surface area contributed by atoms with Crippen LogP contribution in [0.2, 0.25) is 0 Å². The number of aromatic nitrogens is 2. The first-order valence-corrected chi connectivity index (χ1v) is 6.73. The van der Waals surface area contributed by atoms with E-state index in [4.69, 9.17) is 15.5 Å². The van der Waals surface area contributed by atoms with Gasteiger partial charge in [-0.1, -0.05) is 6.08 Å². The Kier molecular flexibility index (Phi) is 4.58. The average Bonchev–Trinajstić information content (AvgIpc) is 2.75. The SMILES string of the molecule is C=CCn1c(CCCN)nc2cc(OCC)ccc21. The van der Waals surface area contributed by atoms with Crippen LogP contribution in [0.25, 0.3) is 11.0 Å². The van der Waals surface area contributed by atoms with Crippen LogP contribution in [-0.4, -0.2) is 22.7 Å². The summed E-state index contributed by atoms with van der Waals surface area (Å²) in [5, 5.41) is 0. The molecule has 0 amide bonds. The van der Waals surface area contributed by atoms with Crippen LogP contribution in [0.15, 0.2) is 30.9 Å². The van der Waals surface area contributed by atoms with Gasteiger partial charge >= 0.3 is 0 Å². The molecule has 0 saturated heterocycles. The van der Waals surface area contributed by atoms with Crippen LogP contribution in [0, 0.1) is 0 Å². The number of nitrogens with two attached hydrogens (primary N) is 1.